The normalized spacial score (nSPS) is 10.2. The highest BCUT2D eigenvalue weighted by molar-refractivity contribution is 5.85. The van der Waals surface area contributed by atoms with Crippen molar-refractivity contribution in [2.75, 3.05) is 18.4 Å². The topological polar surface area (TPSA) is 67.1 Å². The Balaban J connectivity index is 0. The number of hydrogen-bond acceptors (Lipinski definition) is 3. The second-order valence-corrected chi connectivity index (χ2v) is 5.47. The maximum atomic E-state index is 11.9. The minimum atomic E-state index is -0.297. The fourth-order valence-corrected chi connectivity index (χ4v) is 2.10. The van der Waals surface area contributed by atoms with Crippen LogP contribution in [0.4, 0.5) is 5.69 Å². The first kappa shape index (κ1) is 23.3. The van der Waals surface area contributed by atoms with Crippen molar-refractivity contribution in [3.8, 4) is 0 Å². The molecule has 4 nitrogen and oxygen atoms in total. The zero-order valence-electron chi connectivity index (χ0n) is 13.9. The van der Waals surface area contributed by atoms with Gasteiger partial charge in [-0.2, -0.15) is 0 Å². The second-order valence-electron chi connectivity index (χ2n) is 5.47. The van der Waals surface area contributed by atoms with Crippen LogP contribution < -0.4 is 16.4 Å². The Morgan fingerprint density at radius 2 is 1.64 bits per heavy atom. The number of carbonyl (C=O) groups excluding carboxylic acids is 1. The quantitative estimate of drug-likeness (QED) is 0.707. The Morgan fingerprint density at radius 3 is 2.09 bits per heavy atom. The summed E-state index contributed by atoms with van der Waals surface area (Å²) in [7, 11) is 0. The molecule has 0 spiro atoms. The minimum absolute atomic E-state index is 0. The molecule has 0 saturated carbocycles. The number of nitrogens with two attached hydrogens (primary N) is 1. The molecule has 1 aromatic carbocycles. The average molecular weight is 350 g/mol. The van der Waals surface area contributed by atoms with E-state index in [1.165, 1.54) is 0 Å². The van der Waals surface area contributed by atoms with Gasteiger partial charge in [0.15, 0.2) is 0 Å². The van der Waals surface area contributed by atoms with E-state index in [2.05, 4.69) is 10.6 Å². The van der Waals surface area contributed by atoms with Crippen LogP contribution in [0.5, 0.6) is 0 Å². The van der Waals surface area contributed by atoms with Crippen molar-refractivity contribution in [1.29, 1.82) is 0 Å². The summed E-state index contributed by atoms with van der Waals surface area (Å²) in [6.45, 7) is 8.95. The molecule has 0 atom stereocenters. The highest BCUT2D eigenvalue weighted by Gasteiger charge is 2.20. The number of hydrogen-bond donors (Lipinski definition) is 3. The molecule has 1 aromatic rings. The standard InChI is InChI=1S/C16H27N3O.2ClH/c1-5-16(17,6-2)11-19-14(20)10-18-15-12(3)8-7-9-13(15)4;;/h7-9,18H,5-6,10-11,17H2,1-4H3,(H,19,20);2*1H. The molecule has 0 heterocycles. The minimum Gasteiger partial charge on any atom is -0.376 e. The molecule has 0 aliphatic carbocycles. The first-order valence-electron chi connectivity index (χ1n) is 7.27. The van der Waals surface area contributed by atoms with E-state index in [-0.39, 0.29) is 42.8 Å². The fourth-order valence-electron chi connectivity index (χ4n) is 2.10. The van der Waals surface area contributed by atoms with Crippen LogP contribution >= 0.6 is 24.8 Å². The van der Waals surface area contributed by atoms with Crippen LogP contribution in [0.25, 0.3) is 0 Å². The molecule has 0 unspecified atom stereocenters. The summed E-state index contributed by atoms with van der Waals surface area (Å²) in [5.74, 6) is -0.0237. The molecule has 128 valence electrons. The van der Waals surface area contributed by atoms with E-state index in [1.54, 1.807) is 0 Å². The number of benzene rings is 1. The predicted molar refractivity (Wildman–Crippen MR) is 99.4 cm³/mol. The average Bonchev–Trinajstić information content (AvgIpc) is 2.44. The molecule has 1 amide bonds. The van der Waals surface area contributed by atoms with Crippen LogP contribution in [-0.4, -0.2) is 24.5 Å². The summed E-state index contributed by atoms with van der Waals surface area (Å²) in [6.07, 6.45) is 1.71. The Kier molecular flexibility index (Phi) is 11.3. The van der Waals surface area contributed by atoms with Gasteiger partial charge in [-0.3, -0.25) is 4.79 Å². The summed E-state index contributed by atoms with van der Waals surface area (Å²) in [5, 5.41) is 6.11. The lowest BCUT2D eigenvalue weighted by atomic mass is 9.94. The van der Waals surface area contributed by atoms with Gasteiger partial charge in [0.1, 0.15) is 0 Å². The van der Waals surface area contributed by atoms with E-state index in [0.29, 0.717) is 6.54 Å². The molecule has 1 rings (SSSR count). The molecule has 22 heavy (non-hydrogen) atoms. The molecule has 6 heteroatoms. The maximum absolute atomic E-state index is 11.9. The van der Waals surface area contributed by atoms with E-state index >= 15 is 0 Å². The first-order valence-corrected chi connectivity index (χ1v) is 7.27. The van der Waals surface area contributed by atoms with Crippen LogP contribution in [-0.2, 0) is 4.79 Å². The largest absolute Gasteiger partial charge is 0.376 e. The lowest BCUT2D eigenvalue weighted by molar-refractivity contribution is -0.119. The summed E-state index contributed by atoms with van der Waals surface area (Å²) >= 11 is 0. The predicted octanol–water partition coefficient (Wildman–Crippen LogP) is 3.19. The number of aryl methyl sites for hydroxylation is 2. The highest BCUT2D eigenvalue weighted by atomic mass is 35.5. The SMILES string of the molecule is CCC(N)(CC)CNC(=O)CNc1c(C)cccc1C.Cl.Cl. The van der Waals surface area contributed by atoms with Crippen molar-refractivity contribution in [1.82, 2.24) is 5.32 Å². The zero-order chi connectivity index (χ0) is 15.2. The first-order chi connectivity index (χ1) is 9.41. The molecule has 0 fully saturated rings. The van der Waals surface area contributed by atoms with Crippen molar-refractivity contribution in [3.05, 3.63) is 29.3 Å². The molecule has 0 aliphatic heterocycles. The zero-order valence-corrected chi connectivity index (χ0v) is 15.5. The molecule has 4 N–H and O–H groups in total. The third kappa shape index (κ3) is 6.86. The van der Waals surface area contributed by atoms with Gasteiger partial charge in [-0.15, -0.1) is 24.8 Å². The monoisotopic (exact) mass is 349 g/mol. The van der Waals surface area contributed by atoms with Crippen molar-refractivity contribution >= 4 is 36.4 Å². The molecule has 0 bridgehead atoms. The van der Waals surface area contributed by atoms with Crippen LogP contribution in [0.2, 0.25) is 0 Å². The Bertz CT molecular complexity index is 442. The third-order valence-corrected chi connectivity index (χ3v) is 3.95. The van der Waals surface area contributed by atoms with Gasteiger partial charge in [-0.05, 0) is 37.8 Å². The smallest absolute Gasteiger partial charge is 0.239 e. The third-order valence-electron chi connectivity index (χ3n) is 3.95. The highest BCUT2D eigenvalue weighted by Crippen LogP contribution is 2.18. The van der Waals surface area contributed by atoms with Crippen molar-refractivity contribution in [2.24, 2.45) is 5.73 Å². The van der Waals surface area contributed by atoms with Gasteiger partial charge in [-0.1, -0.05) is 32.0 Å². The van der Waals surface area contributed by atoms with Crippen LogP contribution in [0.15, 0.2) is 18.2 Å². The lowest BCUT2D eigenvalue weighted by Gasteiger charge is -2.26. The van der Waals surface area contributed by atoms with Crippen molar-refractivity contribution in [3.63, 3.8) is 0 Å². The number of anilines is 1. The Morgan fingerprint density at radius 1 is 1.14 bits per heavy atom. The number of nitrogens with one attached hydrogen (secondary N) is 2. The number of para-hydroxylation sites is 1. The molecule has 0 radical (unpaired) electrons. The van der Waals surface area contributed by atoms with E-state index in [1.807, 2.05) is 45.9 Å². The molecular formula is C16H29Cl2N3O. The van der Waals surface area contributed by atoms with E-state index in [0.717, 1.165) is 29.7 Å². The van der Waals surface area contributed by atoms with Crippen LogP contribution in [0.1, 0.15) is 37.8 Å². The second kappa shape index (κ2) is 10.7. The maximum Gasteiger partial charge on any atom is 0.239 e. The summed E-state index contributed by atoms with van der Waals surface area (Å²) in [4.78, 5) is 11.9. The van der Waals surface area contributed by atoms with E-state index in [9.17, 15) is 4.79 Å². The van der Waals surface area contributed by atoms with Gasteiger partial charge in [-0.25, -0.2) is 0 Å². The summed E-state index contributed by atoms with van der Waals surface area (Å²) < 4.78 is 0. The van der Waals surface area contributed by atoms with Gasteiger partial charge in [0, 0.05) is 17.8 Å². The van der Waals surface area contributed by atoms with Gasteiger partial charge < -0.3 is 16.4 Å². The molecule has 0 aromatic heterocycles. The van der Waals surface area contributed by atoms with Crippen LogP contribution in [0.3, 0.4) is 0 Å². The Hall–Kier alpha value is -0.970. The molecule has 0 aliphatic rings. The molecule has 0 saturated heterocycles. The number of rotatable bonds is 7. The van der Waals surface area contributed by atoms with Crippen molar-refractivity contribution < 1.29 is 4.79 Å². The lowest BCUT2D eigenvalue weighted by Crippen LogP contribution is -2.50. The van der Waals surface area contributed by atoms with Gasteiger partial charge in [0.05, 0.1) is 6.54 Å². The van der Waals surface area contributed by atoms with E-state index < -0.39 is 0 Å². The van der Waals surface area contributed by atoms with Gasteiger partial charge in [0.2, 0.25) is 5.91 Å². The van der Waals surface area contributed by atoms with Crippen LogP contribution in [0, 0.1) is 13.8 Å². The van der Waals surface area contributed by atoms with Crippen molar-refractivity contribution in [2.45, 2.75) is 46.1 Å². The van der Waals surface area contributed by atoms with Gasteiger partial charge in [0.25, 0.3) is 0 Å². The number of halogens is 2. The molecular weight excluding hydrogens is 321 g/mol. The van der Waals surface area contributed by atoms with Gasteiger partial charge >= 0.3 is 0 Å². The fraction of sp³-hybridized carbons (Fsp3) is 0.562. The van der Waals surface area contributed by atoms with E-state index in [4.69, 9.17) is 5.73 Å². The number of carbonyl (C=O) groups is 1. The summed E-state index contributed by atoms with van der Waals surface area (Å²) in [6, 6.07) is 6.08. The number of amides is 1. The summed E-state index contributed by atoms with van der Waals surface area (Å²) in [5.41, 5.74) is 9.20. The Labute approximate surface area is 146 Å².